The highest BCUT2D eigenvalue weighted by atomic mass is 32.2. The van der Waals surface area contributed by atoms with Crippen LogP contribution in [0.5, 0.6) is 0 Å². The van der Waals surface area contributed by atoms with Gasteiger partial charge in [-0.15, -0.1) is 0 Å². The van der Waals surface area contributed by atoms with E-state index in [4.69, 9.17) is 5.21 Å². The number of sulfonamides is 1. The van der Waals surface area contributed by atoms with Crippen molar-refractivity contribution in [3.05, 3.63) is 64.8 Å². The molecule has 0 radical (unpaired) electrons. The minimum atomic E-state index is -3.60. The van der Waals surface area contributed by atoms with Gasteiger partial charge in [0.2, 0.25) is 10.0 Å². The molecule has 2 N–H and O–H groups in total. The first-order chi connectivity index (χ1) is 14.1. The lowest BCUT2D eigenvalue weighted by atomic mass is 10.0. The monoisotopic (exact) mass is 429 g/mol. The second-order valence-corrected chi connectivity index (χ2v) is 9.60. The molecule has 2 aromatic carbocycles. The fourth-order valence-corrected chi connectivity index (χ4v) is 5.09. The number of oxime groups is 1. The number of hydrogen-bond donors (Lipinski definition) is 2. The summed E-state index contributed by atoms with van der Waals surface area (Å²) in [5.74, 6) is 0. The average molecular weight is 430 g/mol. The summed E-state index contributed by atoms with van der Waals surface area (Å²) in [5, 5.41) is 23.7. The van der Waals surface area contributed by atoms with E-state index in [9.17, 15) is 13.5 Å². The number of aryl methyl sites for hydroxylation is 3. The van der Waals surface area contributed by atoms with Crippen LogP contribution < -0.4 is 4.31 Å². The number of hydrogen-bond acceptors (Lipinski definition) is 5. The van der Waals surface area contributed by atoms with Crippen LogP contribution >= 0.6 is 0 Å². The van der Waals surface area contributed by atoms with E-state index < -0.39 is 16.1 Å². The summed E-state index contributed by atoms with van der Waals surface area (Å²) >= 11 is 0. The van der Waals surface area contributed by atoms with Gasteiger partial charge in [-0.05, 0) is 38.0 Å². The molecule has 0 aliphatic rings. The lowest BCUT2D eigenvalue weighted by Crippen LogP contribution is -2.39. The largest absolute Gasteiger partial charge is 0.411 e. The second kappa shape index (κ2) is 8.49. The van der Waals surface area contributed by atoms with Crippen molar-refractivity contribution in [3.63, 3.8) is 0 Å². The minimum Gasteiger partial charge on any atom is -0.411 e. The van der Waals surface area contributed by atoms with E-state index in [1.54, 1.807) is 6.20 Å². The molecule has 8 heteroatoms. The molecule has 0 aliphatic carbocycles. The Hall–Kier alpha value is -2.84. The third kappa shape index (κ3) is 4.49. The Bertz CT molecular complexity index is 1180. The van der Waals surface area contributed by atoms with Crippen LogP contribution in [0.15, 0.2) is 47.8 Å². The third-order valence-electron chi connectivity index (χ3n) is 5.09. The zero-order valence-corrected chi connectivity index (χ0v) is 18.4. The van der Waals surface area contributed by atoms with Crippen molar-refractivity contribution in [2.24, 2.45) is 5.16 Å². The molecule has 0 aliphatic heterocycles. The van der Waals surface area contributed by atoms with Crippen LogP contribution in [-0.2, 0) is 16.6 Å². The van der Waals surface area contributed by atoms with Gasteiger partial charge >= 0.3 is 0 Å². The van der Waals surface area contributed by atoms with Crippen molar-refractivity contribution in [1.29, 1.82) is 0 Å². The SMILES string of the molecule is Cc1cc(C)c(N(C[C@@H](O)Cn2cc(/C=N\O)c3ccccc32)S(C)(=O)=O)c(C)c1. The lowest BCUT2D eigenvalue weighted by molar-refractivity contribution is 0.164. The van der Waals surface area contributed by atoms with Gasteiger partial charge < -0.3 is 14.9 Å². The van der Waals surface area contributed by atoms with E-state index in [0.29, 0.717) is 11.3 Å². The highest BCUT2D eigenvalue weighted by Crippen LogP contribution is 2.29. The van der Waals surface area contributed by atoms with Gasteiger partial charge in [0.1, 0.15) is 0 Å². The highest BCUT2D eigenvalue weighted by Gasteiger charge is 2.25. The summed E-state index contributed by atoms with van der Waals surface area (Å²) in [4.78, 5) is 0. The maximum absolute atomic E-state index is 12.6. The first-order valence-corrected chi connectivity index (χ1v) is 11.5. The van der Waals surface area contributed by atoms with Gasteiger partial charge in [-0.3, -0.25) is 4.31 Å². The summed E-state index contributed by atoms with van der Waals surface area (Å²) in [6.45, 7) is 5.84. The van der Waals surface area contributed by atoms with Crippen molar-refractivity contribution >= 4 is 32.8 Å². The molecule has 30 heavy (non-hydrogen) atoms. The number of aliphatic hydroxyl groups is 1. The van der Waals surface area contributed by atoms with Crippen LogP contribution in [0.1, 0.15) is 22.3 Å². The van der Waals surface area contributed by atoms with Gasteiger partial charge in [0.05, 0.1) is 37.4 Å². The first kappa shape index (κ1) is 21.9. The van der Waals surface area contributed by atoms with Crippen molar-refractivity contribution in [1.82, 2.24) is 4.57 Å². The van der Waals surface area contributed by atoms with Crippen molar-refractivity contribution in [2.45, 2.75) is 33.4 Å². The van der Waals surface area contributed by atoms with Crippen LogP contribution in [0, 0.1) is 20.8 Å². The Kier molecular flexibility index (Phi) is 6.19. The zero-order valence-electron chi connectivity index (χ0n) is 17.6. The molecule has 0 bridgehead atoms. The Morgan fingerprint density at radius 1 is 1.17 bits per heavy atom. The second-order valence-electron chi connectivity index (χ2n) is 7.69. The fraction of sp³-hybridized carbons (Fsp3) is 0.318. The van der Waals surface area contributed by atoms with E-state index in [1.165, 1.54) is 10.5 Å². The summed E-state index contributed by atoms with van der Waals surface area (Å²) in [6, 6.07) is 11.4. The molecule has 0 unspecified atom stereocenters. The zero-order chi connectivity index (χ0) is 22.1. The fourth-order valence-electron chi connectivity index (χ4n) is 4.03. The summed E-state index contributed by atoms with van der Waals surface area (Å²) < 4.78 is 28.3. The Morgan fingerprint density at radius 3 is 2.40 bits per heavy atom. The molecular formula is C22H27N3O4S. The molecule has 1 atom stereocenters. The first-order valence-electron chi connectivity index (χ1n) is 9.60. The number of rotatable bonds is 7. The molecule has 7 nitrogen and oxygen atoms in total. The van der Waals surface area contributed by atoms with Crippen LogP contribution in [0.3, 0.4) is 0 Å². The number of aromatic nitrogens is 1. The molecule has 3 rings (SSSR count). The van der Waals surface area contributed by atoms with Gasteiger partial charge in [-0.2, -0.15) is 0 Å². The third-order valence-corrected chi connectivity index (χ3v) is 6.22. The molecule has 0 spiro atoms. The Labute approximate surface area is 176 Å². The molecule has 0 saturated carbocycles. The average Bonchev–Trinajstić information content (AvgIpc) is 2.97. The minimum absolute atomic E-state index is 0.0699. The number of para-hydroxylation sites is 1. The molecule has 0 fully saturated rings. The number of benzene rings is 2. The van der Waals surface area contributed by atoms with Gasteiger partial charge in [0, 0.05) is 22.7 Å². The summed E-state index contributed by atoms with van der Waals surface area (Å²) in [6.07, 6.45) is 3.32. The molecule has 1 heterocycles. The molecule has 1 aromatic heterocycles. The predicted molar refractivity (Wildman–Crippen MR) is 120 cm³/mol. The maximum atomic E-state index is 12.6. The number of nitrogens with zero attached hydrogens (tertiary/aromatic N) is 3. The molecule has 160 valence electrons. The van der Waals surface area contributed by atoms with E-state index in [2.05, 4.69) is 5.16 Å². The number of aliphatic hydroxyl groups excluding tert-OH is 1. The summed E-state index contributed by atoms with van der Waals surface area (Å²) in [5.41, 5.74) is 4.92. The van der Waals surface area contributed by atoms with E-state index >= 15 is 0 Å². The molecule has 0 saturated heterocycles. The van der Waals surface area contributed by atoms with Crippen molar-refractivity contribution in [2.75, 3.05) is 17.1 Å². The number of fused-ring (bicyclic) bond motifs is 1. The van der Waals surface area contributed by atoms with E-state index in [-0.39, 0.29) is 13.1 Å². The van der Waals surface area contributed by atoms with Crippen molar-refractivity contribution < 1.29 is 18.7 Å². The standard InChI is InChI=1S/C22H27N3O4S/c1-15-9-16(2)22(17(3)10-15)25(30(4,28)29)14-19(26)13-24-12-18(11-23-27)20-7-5-6-8-21(20)24/h5-12,19,26-27H,13-14H2,1-4H3/b23-11-/t19-/m0/s1. The van der Waals surface area contributed by atoms with Crippen LogP contribution in [0.2, 0.25) is 0 Å². The van der Waals surface area contributed by atoms with Gasteiger partial charge in [-0.1, -0.05) is 41.1 Å². The van der Waals surface area contributed by atoms with Crippen LogP contribution in [0.25, 0.3) is 10.9 Å². The summed E-state index contributed by atoms with van der Waals surface area (Å²) in [7, 11) is -3.60. The Morgan fingerprint density at radius 2 is 1.80 bits per heavy atom. The van der Waals surface area contributed by atoms with Gasteiger partial charge in [0.25, 0.3) is 0 Å². The quantitative estimate of drug-likeness (QED) is 0.343. The molecule has 3 aromatic rings. The lowest BCUT2D eigenvalue weighted by Gasteiger charge is -2.28. The topological polar surface area (TPSA) is 95.1 Å². The van der Waals surface area contributed by atoms with Gasteiger partial charge in [0.15, 0.2) is 0 Å². The maximum Gasteiger partial charge on any atom is 0.232 e. The van der Waals surface area contributed by atoms with E-state index in [0.717, 1.165) is 33.8 Å². The number of anilines is 1. The van der Waals surface area contributed by atoms with Crippen molar-refractivity contribution in [3.8, 4) is 0 Å². The highest BCUT2D eigenvalue weighted by molar-refractivity contribution is 7.92. The van der Waals surface area contributed by atoms with E-state index in [1.807, 2.05) is 61.7 Å². The normalized spacial score (nSPS) is 13.2. The molecular weight excluding hydrogens is 402 g/mol. The Balaban J connectivity index is 1.94. The van der Waals surface area contributed by atoms with Gasteiger partial charge in [-0.25, -0.2) is 8.42 Å². The van der Waals surface area contributed by atoms with Crippen LogP contribution in [-0.4, -0.2) is 48.4 Å². The van der Waals surface area contributed by atoms with Crippen LogP contribution in [0.4, 0.5) is 5.69 Å². The smallest absolute Gasteiger partial charge is 0.232 e. The predicted octanol–water partition coefficient (Wildman–Crippen LogP) is 3.20. The molecule has 0 amide bonds.